The van der Waals surface area contributed by atoms with Gasteiger partial charge in [0.2, 0.25) is 0 Å². The molecule has 0 bridgehead atoms. The molecular formula is C21H27NO3S. The van der Waals surface area contributed by atoms with Crippen molar-refractivity contribution < 1.29 is 14.3 Å². The fourth-order valence-electron chi connectivity index (χ4n) is 2.81. The summed E-state index contributed by atoms with van der Waals surface area (Å²) in [6.07, 6.45) is 2.03. The van der Waals surface area contributed by atoms with Crippen LogP contribution in [-0.4, -0.2) is 18.0 Å². The lowest BCUT2D eigenvalue weighted by atomic mass is 10.1. The van der Waals surface area contributed by atoms with Crippen molar-refractivity contribution in [3.8, 4) is 0 Å². The van der Waals surface area contributed by atoms with E-state index in [0.717, 1.165) is 36.1 Å². The van der Waals surface area contributed by atoms with Gasteiger partial charge in [-0.2, -0.15) is 0 Å². The average molecular weight is 374 g/mol. The molecule has 0 aliphatic heterocycles. The number of para-hydroxylation sites is 1. The highest BCUT2D eigenvalue weighted by atomic mass is 32.1. The highest BCUT2D eigenvalue weighted by Gasteiger charge is 2.22. The van der Waals surface area contributed by atoms with Gasteiger partial charge in [0.25, 0.3) is 5.91 Å². The molecule has 1 aromatic heterocycles. The van der Waals surface area contributed by atoms with E-state index in [-0.39, 0.29) is 5.91 Å². The first kappa shape index (κ1) is 20.2. The van der Waals surface area contributed by atoms with Crippen molar-refractivity contribution in [1.82, 2.24) is 0 Å². The lowest BCUT2D eigenvalue weighted by Crippen LogP contribution is -2.30. The molecule has 0 unspecified atom stereocenters. The van der Waals surface area contributed by atoms with Crippen molar-refractivity contribution in [3.63, 3.8) is 0 Å². The smallest absolute Gasteiger partial charge is 0.349 e. The molecule has 0 saturated heterocycles. The van der Waals surface area contributed by atoms with Crippen molar-refractivity contribution in [3.05, 3.63) is 50.7 Å². The third-order valence-corrected chi connectivity index (χ3v) is 5.56. The monoisotopic (exact) mass is 373 g/mol. The number of carbonyl (C=O) groups excluding carboxylic acids is 2. The molecule has 1 aromatic carbocycles. The van der Waals surface area contributed by atoms with Crippen molar-refractivity contribution in [2.24, 2.45) is 0 Å². The Hall–Kier alpha value is -2.14. The molecule has 1 heterocycles. The predicted molar refractivity (Wildman–Crippen MR) is 107 cm³/mol. The molecule has 2 rings (SSSR count). The summed E-state index contributed by atoms with van der Waals surface area (Å²) in [5, 5.41) is 2.87. The maximum Gasteiger partial charge on any atom is 0.349 e. The zero-order valence-electron chi connectivity index (χ0n) is 16.1. The molecule has 1 atom stereocenters. The average Bonchev–Trinajstić information content (AvgIpc) is 3.01. The van der Waals surface area contributed by atoms with Gasteiger partial charge in [0.1, 0.15) is 4.88 Å². The molecule has 4 nitrogen and oxygen atoms in total. The van der Waals surface area contributed by atoms with Crippen LogP contribution in [0.4, 0.5) is 5.69 Å². The van der Waals surface area contributed by atoms with E-state index in [1.54, 1.807) is 6.92 Å². The van der Waals surface area contributed by atoms with E-state index < -0.39 is 12.1 Å². The minimum Gasteiger partial charge on any atom is -0.448 e. The van der Waals surface area contributed by atoms with Gasteiger partial charge in [0, 0.05) is 10.6 Å². The fraction of sp³-hybridized carbons (Fsp3) is 0.429. The summed E-state index contributed by atoms with van der Waals surface area (Å²) >= 11 is 1.47. The van der Waals surface area contributed by atoms with Crippen LogP contribution in [0, 0.1) is 13.8 Å². The third-order valence-electron chi connectivity index (χ3n) is 4.34. The molecule has 26 heavy (non-hydrogen) atoms. The summed E-state index contributed by atoms with van der Waals surface area (Å²) in [6.45, 7) is 9.68. The van der Waals surface area contributed by atoms with Gasteiger partial charge in [-0.25, -0.2) is 4.79 Å². The molecule has 0 spiro atoms. The number of amides is 1. The van der Waals surface area contributed by atoms with E-state index in [2.05, 4.69) is 19.2 Å². The van der Waals surface area contributed by atoms with Gasteiger partial charge < -0.3 is 10.1 Å². The Bertz CT molecular complexity index is 774. The van der Waals surface area contributed by atoms with Crippen molar-refractivity contribution in [1.29, 1.82) is 0 Å². The van der Waals surface area contributed by atoms with Crippen LogP contribution in [0.5, 0.6) is 0 Å². The molecule has 0 aliphatic rings. The Morgan fingerprint density at radius 1 is 1.19 bits per heavy atom. The van der Waals surface area contributed by atoms with Crippen LogP contribution < -0.4 is 5.32 Å². The van der Waals surface area contributed by atoms with Crippen molar-refractivity contribution >= 4 is 28.9 Å². The first-order valence-electron chi connectivity index (χ1n) is 9.07. The van der Waals surface area contributed by atoms with E-state index in [1.165, 1.54) is 21.8 Å². The Morgan fingerprint density at radius 3 is 2.42 bits per heavy atom. The fourth-order valence-corrected chi connectivity index (χ4v) is 4.05. The second-order valence-electron chi connectivity index (χ2n) is 6.47. The number of hydrogen-bond acceptors (Lipinski definition) is 4. The lowest BCUT2D eigenvalue weighted by molar-refractivity contribution is -0.123. The first-order valence-corrected chi connectivity index (χ1v) is 9.88. The van der Waals surface area contributed by atoms with Gasteiger partial charge in [0.05, 0.1) is 0 Å². The van der Waals surface area contributed by atoms with Gasteiger partial charge in [-0.3, -0.25) is 4.79 Å². The number of hydrogen-bond donors (Lipinski definition) is 1. The summed E-state index contributed by atoms with van der Waals surface area (Å²) in [4.78, 5) is 26.7. The topological polar surface area (TPSA) is 55.4 Å². The van der Waals surface area contributed by atoms with Crippen molar-refractivity contribution in [2.45, 2.75) is 60.0 Å². The summed E-state index contributed by atoms with van der Waals surface area (Å²) in [5.41, 5.74) is 3.92. The van der Waals surface area contributed by atoms with E-state index in [9.17, 15) is 9.59 Å². The highest BCUT2D eigenvalue weighted by Crippen LogP contribution is 2.26. The van der Waals surface area contributed by atoms with Crippen LogP contribution in [0.2, 0.25) is 0 Å². The Balaban J connectivity index is 2.05. The number of aryl methyl sites for hydroxylation is 4. The zero-order chi connectivity index (χ0) is 19.3. The summed E-state index contributed by atoms with van der Waals surface area (Å²) < 4.78 is 5.40. The van der Waals surface area contributed by atoms with Gasteiger partial charge >= 0.3 is 5.97 Å². The van der Waals surface area contributed by atoms with Crippen LogP contribution in [0.15, 0.2) is 24.3 Å². The minimum absolute atomic E-state index is 0.322. The van der Waals surface area contributed by atoms with Crippen LogP contribution >= 0.6 is 11.3 Å². The Kier molecular flexibility index (Phi) is 6.98. The summed E-state index contributed by atoms with van der Waals surface area (Å²) in [5.74, 6) is -0.756. The van der Waals surface area contributed by atoms with Crippen molar-refractivity contribution in [2.75, 3.05) is 5.32 Å². The molecule has 0 saturated carbocycles. The lowest BCUT2D eigenvalue weighted by Gasteiger charge is -2.15. The standard InChI is InChI=1S/C21H27NO3S/c1-6-9-17-16(7-2)12-18(26-17)21(24)25-15(5)20(23)22-19-13(3)10-8-11-14(19)4/h8,10-12,15H,6-7,9H2,1-5H3,(H,22,23)/t15-/m0/s1. The molecule has 0 aliphatic carbocycles. The molecule has 2 aromatic rings. The van der Waals surface area contributed by atoms with Crippen LogP contribution in [0.3, 0.4) is 0 Å². The van der Waals surface area contributed by atoms with E-state index in [1.807, 2.05) is 38.1 Å². The predicted octanol–water partition coefficient (Wildman–Crippen LogP) is 5.06. The maximum atomic E-state index is 12.4. The normalized spacial score (nSPS) is 11.9. The number of anilines is 1. The number of nitrogens with one attached hydrogen (secondary N) is 1. The molecule has 5 heteroatoms. The van der Waals surface area contributed by atoms with Gasteiger partial charge in [0.15, 0.2) is 6.10 Å². The van der Waals surface area contributed by atoms with E-state index >= 15 is 0 Å². The molecule has 1 amide bonds. The second kappa shape index (κ2) is 8.99. The number of benzene rings is 1. The molecule has 140 valence electrons. The number of rotatable bonds is 7. The molecular weight excluding hydrogens is 346 g/mol. The Morgan fingerprint density at radius 2 is 1.85 bits per heavy atom. The van der Waals surface area contributed by atoms with E-state index in [4.69, 9.17) is 4.74 Å². The Labute approximate surface area is 159 Å². The van der Waals surface area contributed by atoms with Crippen LogP contribution in [-0.2, 0) is 22.4 Å². The maximum absolute atomic E-state index is 12.4. The third kappa shape index (κ3) is 4.73. The molecule has 0 radical (unpaired) electrons. The minimum atomic E-state index is -0.858. The van der Waals surface area contributed by atoms with Gasteiger partial charge in [-0.1, -0.05) is 38.5 Å². The van der Waals surface area contributed by atoms with E-state index in [0.29, 0.717) is 4.88 Å². The number of thiophene rings is 1. The number of esters is 1. The summed E-state index contributed by atoms with van der Waals surface area (Å²) in [7, 11) is 0. The zero-order valence-corrected chi connectivity index (χ0v) is 17.0. The first-order chi connectivity index (χ1) is 12.4. The largest absolute Gasteiger partial charge is 0.448 e. The highest BCUT2D eigenvalue weighted by molar-refractivity contribution is 7.14. The van der Waals surface area contributed by atoms with Gasteiger partial charge in [-0.15, -0.1) is 11.3 Å². The van der Waals surface area contributed by atoms with Crippen LogP contribution in [0.1, 0.15) is 58.4 Å². The van der Waals surface area contributed by atoms with Crippen LogP contribution in [0.25, 0.3) is 0 Å². The second-order valence-corrected chi connectivity index (χ2v) is 7.60. The van der Waals surface area contributed by atoms with Gasteiger partial charge in [-0.05, 0) is 56.4 Å². The quantitative estimate of drug-likeness (QED) is 0.690. The SMILES string of the molecule is CCCc1sc(C(=O)O[C@@H](C)C(=O)Nc2c(C)cccc2C)cc1CC. The molecule has 1 N–H and O–H groups in total. The number of ether oxygens (including phenoxy) is 1. The number of carbonyl (C=O) groups is 2. The summed E-state index contributed by atoms with van der Waals surface area (Å²) in [6, 6.07) is 7.72. The molecule has 0 fully saturated rings.